The Morgan fingerprint density at radius 2 is 2.15 bits per heavy atom. The first-order valence-electron chi connectivity index (χ1n) is 6.43. The number of fused-ring (bicyclic) bond motifs is 1. The molecule has 5 heteroatoms. The molecule has 20 heavy (non-hydrogen) atoms. The van der Waals surface area contributed by atoms with Gasteiger partial charge in [0.25, 0.3) is 5.91 Å². The number of aliphatic hydroxyl groups is 1. The van der Waals surface area contributed by atoms with Crippen molar-refractivity contribution in [2.24, 2.45) is 5.73 Å². The number of pyridine rings is 1. The minimum atomic E-state index is -0.534. The lowest BCUT2D eigenvalue weighted by molar-refractivity contribution is 0.100. The Kier molecular flexibility index (Phi) is 3.12. The smallest absolute Gasteiger partial charge is 0.250 e. The van der Waals surface area contributed by atoms with E-state index in [1.165, 1.54) is 6.20 Å². The Morgan fingerprint density at radius 3 is 2.95 bits per heavy atom. The standard InChI is InChI=1S/C15H15N3O2/c16-15(20)11-5-6-17-8-12(11)18-14-10-4-2-1-3-9(10)7-13(14)19/h1-6,8,13-14,18-19H,7H2,(H2,16,20)/t13-,14+/m0/s1. The number of nitrogens with one attached hydrogen (secondary N) is 1. The number of amides is 1. The van der Waals surface area contributed by atoms with Gasteiger partial charge in [-0.2, -0.15) is 0 Å². The summed E-state index contributed by atoms with van der Waals surface area (Å²) in [5.41, 5.74) is 8.42. The van der Waals surface area contributed by atoms with Crippen LogP contribution in [-0.4, -0.2) is 22.1 Å². The molecule has 2 atom stereocenters. The first-order chi connectivity index (χ1) is 9.66. The molecular weight excluding hydrogens is 254 g/mol. The van der Waals surface area contributed by atoms with Crippen LogP contribution in [0.15, 0.2) is 42.7 Å². The fraction of sp³-hybridized carbons (Fsp3) is 0.200. The quantitative estimate of drug-likeness (QED) is 0.782. The summed E-state index contributed by atoms with van der Waals surface area (Å²) in [4.78, 5) is 15.4. The molecule has 1 heterocycles. The van der Waals surface area contributed by atoms with Gasteiger partial charge in [-0.05, 0) is 17.2 Å². The summed E-state index contributed by atoms with van der Waals surface area (Å²) >= 11 is 0. The van der Waals surface area contributed by atoms with Crippen LogP contribution in [0.4, 0.5) is 5.69 Å². The van der Waals surface area contributed by atoms with E-state index in [0.717, 1.165) is 11.1 Å². The van der Waals surface area contributed by atoms with Gasteiger partial charge >= 0.3 is 0 Å². The third-order valence-corrected chi connectivity index (χ3v) is 3.60. The number of rotatable bonds is 3. The Labute approximate surface area is 116 Å². The second kappa shape index (κ2) is 4.94. The molecule has 1 aliphatic carbocycles. The van der Waals surface area contributed by atoms with Gasteiger partial charge in [0.15, 0.2) is 0 Å². The maximum atomic E-state index is 11.4. The van der Waals surface area contributed by atoms with Crippen LogP contribution in [-0.2, 0) is 6.42 Å². The molecular formula is C15H15N3O2. The lowest BCUT2D eigenvalue weighted by Crippen LogP contribution is -2.23. The summed E-state index contributed by atoms with van der Waals surface area (Å²) < 4.78 is 0. The molecule has 0 saturated carbocycles. The largest absolute Gasteiger partial charge is 0.390 e. The number of primary amides is 1. The van der Waals surface area contributed by atoms with E-state index in [-0.39, 0.29) is 6.04 Å². The number of nitrogens with two attached hydrogens (primary N) is 1. The van der Waals surface area contributed by atoms with Crippen molar-refractivity contribution in [3.05, 3.63) is 59.4 Å². The predicted octanol–water partition coefficient (Wildman–Crippen LogP) is 1.25. The average molecular weight is 269 g/mol. The molecule has 1 aliphatic rings. The van der Waals surface area contributed by atoms with Gasteiger partial charge in [-0.3, -0.25) is 9.78 Å². The van der Waals surface area contributed by atoms with E-state index < -0.39 is 12.0 Å². The molecule has 0 saturated heterocycles. The third kappa shape index (κ3) is 2.12. The molecule has 0 fully saturated rings. The summed E-state index contributed by atoms with van der Waals surface area (Å²) in [5, 5.41) is 13.4. The number of hydrogen-bond donors (Lipinski definition) is 3. The number of hydrogen-bond acceptors (Lipinski definition) is 4. The van der Waals surface area contributed by atoms with Gasteiger partial charge in [-0.25, -0.2) is 0 Å². The zero-order valence-electron chi connectivity index (χ0n) is 10.8. The molecule has 0 aliphatic heterocycles. The number of anilines is 1. The minimum Gasteiger partial charge on any atom is -0.390 e. The van der Waals surface area contributed by atoms with E-state index in [2.05, 4.69) is 10.3 Å². The second-order valence-electron chi connectivity index (χ2n) is 4.88. The van der Waals surface area contributed by atoms with E-state index in [1.807, 2.05) is 24.3 Å². The second-order valence-corrected chi connectivity index (χ2v) is 4.88. The van der Waals surface area contributed by atoms with E-state index in [4.69, 9.17) is 5.73 Å². The monoisotopic (exact) mass is 269 g/mol. The van der Waals surface area contributed by atoms with Crippen LogP contribution in [0.25, 0.3) is 0 Å². The number of aromatic nitrogens is 1. The van der Waals surface area contributed by atoms with E-state index in [9.17, 15) is 9.90 Å². The van der Waals surface area contributed by atoms with Gasteiger partial charge < -0.3 is 16.2 Å². The molecule has 2 aromatic rings. The highest BCUT2D eigenvalue weighted by atomic mass is 16.3. The fourth-order valence-corrected chi connectivity index (χ4v) is 2.64. The van der Waals surface area contributed by atoms with Crippen molar-refractivity contribution >= 4 is 11.6 Å². The highest BCUT2D eigenvalue weighted by Gasteiger charge is 2.31. The Balaban J connectivity index is 1.94. The van der Waals surface area contributed by atoms with Crippen LogP contribution in [0.2, 0.25) is 0 Å². The number of nitrogens with zero attached hydrogens (tertiary/aromatic N) is 1. The van der Waals surface area contributed by atoms with Crippen molar-refractivity contribution in [3.8, 4) is 0 Å². The first-order valence-corrected chi connectivity index (χ1v) is 6.43. The van der Waals surface area contributed by atoms with Crippen LogP contribution in [0, 0.1) is 0 Å². The molecule has 1 aromatic heterocycles. The van der Waals surface area contributed by atoms with E-state index in [1.54, 1.807) is 12.3 Å². The maximum absolute atomic E-state index is 11.4. The van der Waals surface area contributed by atoms with Crippen LogP contribution in [0.1, 0.15) is 27.5 Å². The average Bonchev–Trinajstić information content (AvgIpc) is 2.76. The summed E-state index contributed by atoms with van der Waals surface area (Å²) in [6, 6.07) is 9.17. The van der Waals surface area contributed by atoms with Crippen molar-refractivity contribution in [2.75, 3.05) is 5.32 Å². The number of carbonyl (C=O) groups is 1. The molecule has 4 N–H and O–H groups in total. The van der Waals surface area contributed by atoms with Crippen molar-refractivity contribution in [3.63, 3.8) is 0 Å². The normalized spacial score (nSPS) is 20.4. The highest BCUT2D eigenvalue weighted by molar-refractivity contribution is 5.98. The fourth-order valence-electron chi connectivity index (χ4n) is 2.64. The number of aliphatic hydroxyl groups excluding tert-OH is 1. The summed E-state index contributed by atoms with van der Waals surface area (Å²) in [7, 11) is 0. The Morgan fingerprint density at radius 1 is 1.35 bits per heavy atom. The van der Waals surface area contributed by atoms with Crippen LogP contribution >= 0.6 is 0 Å². The van der Waals surface area contributed by atoms with Gasteiger partial charge in [0.1, 0.15) is 0 Å². The summed E-state index contributed by atoms with van der Waals surface area (Å²) in [6.45, 7) is 0. The molecule has 102 valence electrons. The molecule has 1 amide bonds. The predicted molar refractivity (Wildman–Crippen MR) is 75.3 cm³/mol. The van der Waals surface area contributed by atoms with Crippen molar-refractivity contribution < 1.29 is 9.90 Å². The van der Waals surface area contributed by atoms with Gasteiger partial charge in [0.2, 0.25) is 0 Å². The van der Waals surface area contributed by atoms with E-state index in [0.29, 0.717) is 17.7 Å². The first kappa shape index (κ1) is 12.6. The molecule has 0 radical (unpaired) electrons. The van der Waals surface area contributed by atoms with Crippen molar-refractivity contribution in [1.29, 1.82) is 0 Å². The minimum absolute atomic E-state index is 0.256. The van der Waals surface area contributed by atoms with Crippen LogP contribution in [0.5, 0.6) is 0 Å². The zero-order valence-corrected chi connectivity index (χ0v) is 10.8. The highest BCUT2D eigenvalue weighted by Crippen LogP contribution is 2.34. The van der Waals surface area contributed by atoms with Gasteiger partial charge in [0.05, 0.1) is 29.6 Å². The van der Waals surface area contributed by atoms with Crippen LogP contribution < -0.4 is 11.1 Å². The molecule has 5 nitrogen and oxygen atoms in total. The van der Waals surface area contributed by atoms with Gasteiger partial charge in [0, 0.05) is 12.6 Å². The Hall–Kier alpha value is -2.40. The maximum Gasteiger partial charge on any atom is 0.250 e. The molecule has 0 spiro atoms. The van der Waals surface area contributed by atoms with Crippen molar-refractivity contribution in [1.82, 2.24) is 4.98 Å². The number of carbonyl (C=O) groups excluding carboxylic acids is 1. The Bertz CT molecular complexity index is 657. The molecule has 0 bridgehead atoms. The number of benzene rings is 1. The van der Waals surface area contributed by atoms with Crippen molar-refractivity contribution in [2.45, 2.75) is 18.6 Å². The zero-order chi connectivity index (χ0) is 14.1. The van der Waals surface area contributed by atoms with Crippen LogP contribution in [0.3, 0.4) is 0 Å². The third-order valence-electron chi connectivity index (χ3n) is 3.60. The molecule has 3 rings (SSSR count). The van der Waals surface area contributed by atoms with Gasteiger partial charge in [-0.1, -0.05) is 24.3 Å². The SMILES string of the molecule is NC(=O)c1ccncc1N[C@@H]1c2ccccc2C[C@@H]1O. The van der Waals surface area contributed by atoms with E-state index >= 15 is 0 Å². The van der Waals surface area contributed by atoms with Gasteiger partial charge in [-0.15, -0.1) is 0 Å². The topological polar surface area (TPSA) is 88.2 Å². The molecule has 0 unspecified atom stereocenters. The lowest BCUT2D eigenvalue weighted by atomic mass is 10.1. The summed E-state index contributed by atoms with van der Waals surface area (Å²) in [5.74, 6) is -0.518. The molecule has 1 aromatic carbocycles. The summed E-state index contributed by atoms with van der Waals surface area (Å²) in [6.07, 6.45) is 3.13. The lowest BCUT2D eigenvalue weighted by Gasteiger charge is -2.20.